The van der Waals surface area contributed by atoms with E-state index in [0.29, 0.717) is 5.56 Å². The summed E-state index contributed by atoms with van der Waals surface area (Å²) in [7, 11) is 0. The van der Waals surface area contributed by atoms with Crippen LogP contribution in [0.15, 0.2) is 40.9 Å². The standard InChI is InChI=1S/C17H15BrF3NO/c18-15-3-1-2-11-10-12(4-5-14(11)15)16(23)22-8-6-13(7-9-22)17(19,20)21/h1-5,10,13H,6-9H2. The van der Waals surface area contributed by atoms with E-state index in [2.05, 4.69) is 15.9 Å². The van der Waals surface area contributed by atoms with E-state index in [-0.39, 0.29) is 31.8 Å². The molecule has 0 bridgehead atoms. The van der Waals surface area contributed by atoms with E-state index >= 15 is 0 Å². The number of likely N-dealkylation sites (tertiary alicyclic amines) is 1. The maximum absolute atomic E-state index is 12.7. The minimum Gasteiger partial charge on any atom is -0.339 e. The molecular formula is C17H15BrF3NO. The van der Waals surface area contributed by atoms with E-state index in [0.717, 1.165) is 15.2 Å². The highest BCUT2D eigenvalue weighted by molar-refractivity contribution is 9.10. The lowest BCUT2D eigenvalue weighted by Gasteiger charge is -2.33. The van der Waals surface area contributed by atoms with E-state index in [9.17, 15) is 18.0 Å². The molecule has 0 saturated carbocycles. The van der Waals surface area contributed by atoms with Crippen molar-refractivity contribution in [1.29, 1.82) is 0 Å². The number of carbonyl (C=O) groups excluding carboxylic acids is 1. The Hall–Kier alpha value is -1.56. The average Bonchev–Trinajstić information content (AvgIpc) is 2.53. The predicted molar refractivity (Wildman–Crippen MR) is 86.3 cm³/mol. The first-order valence-electron chi connectivity index (χ1n) is 7.40. The fourth-order valence-corrected chi connectivity index (χ4v) is 3.48. The summed E-state index contributed by atoms with van der Waals surface area (Å²) in [5.74, 6) is -1.49. The van der Waals surface area contributed by atoms with Gasteiger partial charge < -0.3 is 4.90 Å². The van der Waals surface area contributed by atoms with Gasteiger partial charge in [-0.15, -0.1) is 0 Å². The zero-order valence-electron chi connectivity index (χ0n) is 12.2. The molecule has 0 unspecified atom stereocenters. The summed E-state index contributed by atoms with van der Waals surface area (Å²) in [6.45, 7) is 0.305. The number of alkyl halides is 3. The van der Waals surface area contributed by atoms with Gasteiger partial charge in [0.2, 0.25) is 0 Å². The first-order chi connectivity index (χ1) is 10.9. The van der Waals surface area contributed by atoms with Crippen LogP contribution in [0.2, 0.25) is 0 Å². The normalized spacial score (nSPS) is 16.8. The molecule has 1 fully saturated rings. The third kappa shape index (κ3) is 3.37. The van der Waals surface area contributed by atoms with Gasteiger partial charge in [0.05, 0.1) is 5.92 Å². The van der Waals surface area contributed by atoms with Gasteiger partial charge in [0, 0.05) is 23.1 Å². The zero-order valence-corrected chi connectivity index (χ0v) is 13.8. The molecule has 0 aromatic heterocycles. The van der Waals surface area contributed by atoms with Crippen LogP contribution in [0.3, 0.4) is 0 Å². The number of piperidine rings is 1. The smallest absolute Gasteiger partial charge is 0.339 e. The topological polar surface area (TPSA) is 20.3 Å². The number of rotatable bonds is 1. The second-order valence-corrected chi connectivity index (χ2v) is 6.64. The molecule has 0 N–H and O–H groups in total. The quantitative estimate of drug-likeness (QED) is 0.674. The summed E-state index contributed by atoms with van der Waals surface area (Å²) in [5, 5.41) is 1.93. The second kappa shape index (κ2) is 6.15. The van der Waals surface area contributed by atoms with E-state index in [1.165, 1.54) is 4.90 Å². The summed E-state index contributed by atoms with van der Waals surface area (Å²) in [6.07, 6.45) is -4.20. The summed E-state index contributed by atoms with van der Waals surface area (Å²) >= 11 is 3.46. The number of benzene rings is 2. The second-order valence-electron chi connectivity index (χ2n) is 5.78. The minimum absolute atomic E-state index is 0.0195. The third-order valence-corrected chi connectivity index (χ3v) is 5.01. The third-order valence-electron chi connectivity index (χ3n) is 4.32. The van der Waals surface area contributed by atoms with Crippen LogP contribution in [0, 0.1) is 5.92 Å². The van der Waals surface area contributed by atoms with Crippen molar-refractivity contribution in [2.75, 3.05) is 13.1 Å². The fraction of sp³-hybridized carbons (Fsp3) is 0.353. The van der Waals surface area contributed by atoms with Crippen molar-refractivity contribution < 1.29 is 18.0 Å². The van der Waals surface area contributed by atoms with Gasteiger partial charge in [-0.05, 0) is 41.8 Å². The SMILES string of the molecule is O=C(c1ccc2c(Br)cccc2c1)N1CCC(C(F)(F)F)CC1. The fourth-order valence-electron chi connectivity index (χ4n) is 2.97. The predicted octanol–water partition coefficient (Wildman–Crippen LogP) is 5.02. The summed E-state index contributed by atoms with van der Waals surface area (Å²) < 4.78 is 39.0. The lowest BCUT2D eigenvalue weighted by atomic mass is 9.95. The Labute approximate surface area is 140 Å². The van der Waals surface area contributed by atoms with Crippen LogP contribution in [-0.4, -0.2) is 30.1 Å². The molecule has 1 heterocycles. The number of hydrogen-bond donors (Lipinski definition) is 0. The van der Waals surface area contributed by atoms with Gasteiger partial charge in [-0.25, -0.2) is 0 Å². The van der Waals surface area contributed by atoms with Crippen molar-refractivity contribution >= 4 is 32.6 Å². The molecule has 1 aliphatic heterocycles. The molecule has 2 aromatic carbocycles. The Bertz CT molecular complexity index is 736. The molecule has 1 amide bonds. The van der Waals surface area contributed by atoms with Crippen molar-refractivity contribution in [3.8, 4) is 0 Å². The Morgan fingerprint density at radius 1 is 1.13 bits per heavy atom. The van der Waals surface area contributed by atoms with Gasteiger partial charge in [-0.1, -0.05) is 34.1 Å². The Balaban J connectivity index is 1.77. The summed E-state index contributed by atoms with van der Waals surface area (Å²) in [6, 6.07) is 11.1. The van der Waals surface area contributed by atoms with Crippen molar-refractivity contribution in [3.05, 3.63) is 46.4 Å². The van der Waals surface area contributed by atoms with Crippen molar-refractivity contribution in [1.82, 2.24) is 4.90 Å². The Morgan fingerprint density at radius 2 is 1.83 bits per heavy atom. The molecule has 1 aliphatic rings. The number of amides is 1. The summed E-state index contributed by atoms with van der Waals surface area (Å²) in [4.78, 5) is 14.0. The van der Waals surface area contributed by atoms with Crippen LogP contribution in [0.4, 0.5) is 13.2 Å². The minimum atomic E-state index is -4.16. The first-order valence-corrected chi connectivity index (χ1v) is 8.20. The number of fused-ring (bicyclic) bond motifs is 1. The molecule has 23 heavy (non-hydrogen) atoms. The highest BCUT2D eigenvalue weighted by Gasteiger charge is 2.41. The lowest BCUT2D eigenvalue weighted by molar-refractivity contribution is -0.183. The van der Waals surface area contributed by atoms with Crippen LogP contribution >= 0.6 is 15.9 Å². The maximum Gasteiger partial charge on any atom is 0.391 e. The van der Waals surface area contributed by atoms with E-state index in [1.807, 2.05) is 24.3 Å². The molecule has 3 rings (SSSR count). The van der Waals surface area contributed by atoms with Crippen LogP contribution in [0.1, 0.15) is 23.2 Å². The van der Waals surface area contributed by atoms with Crippen LogP contribution in [0.5, 0.6) is 0 Å². The van der Waals surface area contributed by atoms with Crippen LogP contribution in [0.25, 0.3) is 10.8 Å². The van der Waals surface area contributed by atoms with Crippen LogP contribution in [-0.2, 0) is 0 Å². The molecule has 0 spiro atoms. The molecule has 0 atom stereocenters. The number of nitrogens with zero attached hydrogens (tertiary/aromatic N) is 1. The number of carbonyl (C=O) groups is 1. The zero-order chi connectivity index (χ0) is 16.6. The Kier molecular flexibility index (Phi) is 4.36. The molecule has 0 aliphatic carbocycles. The molecule has 1 saturated heterocycles. The molecule has 2 aromatic rings. The molecule has 2 nitrogen and oxygen atoms in total. The average molecular weight is 386 g/mol. The van der Waals surface area contributed by atoms with Gasteiger partial charge in [0.25, 0.3) is 5.91 Å². The molecule has 6 heteroatoms. The molecule has 122 valence electrons. The molecular weight excluding hydrogens is 371 g/mol. The van der Waals surface area contributed by atoms with Crippen molar-refractivity contribution in [3.63, 3.8) is 0 Å². The van der Waals surface area contributed by atoms with Crippen molar-refractivity contribution in [2.24, 2.45) is 5.92 Å². The monoisotopic (exact) mass is 385 g/mol. The largest absolute Gasteiger partial charge is 0.391 e. The van der Waals surface area contributed by atoms with Gasteiger partial charge >= 0.3 is 6.18 Å². The van der Waals surface area contributed by atoms with E-state index < -0.39 is 12.1 Å². The highest BCUT2D eigenvalue weighted by Crippen LogP contribution is 2.34. The first kappa shape index (κ1) is 16.3. The number of hydrogen-bond acceptors (Lipinski definition) is 1. The van der Waals surface area contributed by atoms with E-state index in [4.69, 9.17) is 0 Å². The van der Waals surface area contributed by atoms with Gasteiger partial charge in [0.15, 0.2) is 0 Å². The van der Waals surface area contributed by atoms with E-state index in [1.54, 1.807) is 12.1 Å². The van der Waals surface area contributed by atoms with Crippen LogP contribution < -0.4 is 0 Å². The van der Waals surface area contributed by atoms with Gasteiger partial charge in [-0.3, -0.25) is 4.79 Å². The molecule has 0 radical (unpaired) electrons. The Morgan fingerprint density at radius 3 is 2.48 bits per heavy atom. The van der Waals surface area contributed by atoms with Gasteiger partial charge in [-0.2, -0.15) is 13.2 Å². The van der Waals surface area contributed by atoms with Gasteiger partial charge in [0.1, 0.15) is 0 Å². The maximum atomic E-state index is 12.7. The summed E-state index contributed by atoms with van der Waals surface area (Å²) in [5.41, 5.74) is 0.515. The van der Waals surface area contributed by atoms with Crippen molar-refractivity contribution in [2.45, 2.75) is 19.0 Å². The number of halogens is 4. The highest BCUT2D eigenvalue weighted by atomic mass is 79.9. The lowest BCUT2D eigenvalue weighted by Crippen LogP contribution is -2.42.